The molecule has 2 heteroatoms. The van der Waals surface area contributed by atoms with Gasteiger partial charge >= 0.3 is 0 Å². The molecule has 0 nitrogen and oxygen atoms in total. The van der Waals surface area contributed by atoms with Gasteiger partial charge in [-0.15, -0.1) is 0 Å². The molecule has 2 aromatic rings. The molecule has 0 atom stereocenters. The summed E-state index contributed by atoms with van der Waals surface area (Å²) in [6.45, 7) is 7.08. The summed E-state index contributed by atoms with van der Waals surface area (Å²) in [5.41, 5.74) is 4.27. The number of hydrogen-bond donors (Lipinski definition) is 0. The molecule has 0 aliphatic carbocycles. The normalized spacial score (nSPS) is 22.4. The Labute approximate surface area is 172 Å². The van der Waals surface area contributed by atoms with Crippen LogP contribution in [-0.4, -0.2) is 8.07 Å². The molecule has 0 saturated carbocycles. The Morgan fingerprint density at radius 3 is 2.25 bits per heavy atom. The van der Waals surface area contributed by atoms with Crippen LogP contribution in [0.5, 0.6) is 0 Å². The Morgan fingerprint density at radius 2 is 1.64 bits per heavy atom. The minimum absolute atomic E-state index is 0.0609. The summed E-state index contributed by atoms with van der Waals surface area (Å²) in [7, 11) is -1.03. The molecule has 0 radical (unpaired) electrons. The lowest BCUT2D eigenvalue weighted by Crippen LogP contribution is -2.34. The zero-order chi connectivity index (χ0) is 20.0. The SMILES string of the molecule is CCCCC[Si@]1(C)CC[C@@H](c2ccc(-c3ccc(CCC)cc3)c(F)c2)CC1. The first-order valence-corrected chi connectivity index (χ1v) is 14.6. The highest BCUT2D eigenvalue weighted by Gasteiger charge is 2.33. The van der Waals surface area contributed by atoms with Crippen molar-refractivity contribution >= 4 is 8.07 Å². The molecule has 0 amide bonds. The minimum atomic E-state index is -1.03. The van der Waals surface area contributed by atoms with E-state index < -0.39 is 8.07 Å². The highest BCUT2D eigenvalue weighted by Crippen LogP contribution is 2.41. The number of rotatable bonds is 8. The van der Waals surface area contributed by atoms with E-state index in [4.69, 9.17) is 0 Å². The first-order chi connectivity index (χ1) is 13.5. The zero-order valence-electron chi connectivity index (χ0n) is 18.1. The van der Waals surface area contributed by atoms with E-state index >= 15 is 0 Å². The number of halogens is 1. The average molecular weight is 397 g/mol. The van der Waals surface area contributed by atoms with Crippen LogP contribution >= 0.6 is 0 Å². The smallest absolute Gasteiger partial charge is 0.131 e. The molecule has 2 aromatic carbocycles. The molecule has 0 spiro atoms. The lowest BCUT2D eigenvalue weighted by atomic mass is 9.91. The molecule has 0 unspecified atom stereocenters. The molecule has 3 rings (SSSR count). The van der Waals surface area contributed by atoms with E-state index in [1.54, 1.807) is 0 Å². The Balaban J connectivity index is 1.64. The van der Waals surface area contributed by atoms with Crippen molar-refractivity contribution in [2.24, 2.45) is 0 Å². The van der Waals surface area contributed by atoms with Crippen molar-refractivity contribution < 1.29 is 4.39 Å². The maximum Gasteiger partial charge on any atom is 0.131 e. The van der Waals surface area contributed by atoms with Crippen LogP contribution in [0.4, 0.5) is 4.39 Å². The summed E-state index contributed by atoms with van der Waals surface area (Å²) in [4.78, 5) is 0. The van der Waals surface area contributed by atoms with Gasteiger partial charge in [0.25, 0.3) is 0 Å². The van der Waals surface area contributed by atoms with Gasteiger partial charge in [-0.2, -0.15) is 0 Å². The molecular formula is C26H37FSi. The molecule has 0 aromatic heterocycles. The molecule has 1 aliphatic heterocycles. The molecule has 0 bridgehead atoms. The molecule has 0 N–H and O–H groups in total. The Morgan fingerprint density at radius 1 is 0.929 bits per heavy atom. The lowest BCUT2D eigenvalue weighted by Gasteiger charge is -2.36. The van der Waals surface area contributed by atoms with Gasteiger partial charge in [0.2, 0.25) is 0 Å². The van der Waals surface area contributed by atoms with E-state index in [1.807, 2.05) is 12.1 Å². The fourth-order valence-electron chi connectivity index (χ4n) is 4.86. The Bertz CT molecular complexity index is 742. The second-order valence-electron chi connectivity index (χ2n) is 9.23. The summed E-state index contributed by atoms with van der Waals surface area (Å²) < 4.78 is 14.9. The first kappa shape index (κ1) is 21.3. The van der Waals surface area contributed by atoms with E-state index in [-0.39, 0.29) is 5.82 Å². The van der Waals surface area contributed by atoms with Gasteiger partial charge in [0.15, 0.2) is 0 Å². The predicted molar refractivity (Wildman–Crippen MR) is 123 cm³/mol. The third-order valence-corrected chi connectivity index (χ3v) is 11.4. The summed E-state index contributed by atoms with van der Waals surface area (Å²) in [5.74, 6) is 0.497. The fourth-order valence-corrected chi connectivity index (χ4v) is 8.80. The van der Waals surface area contributed by atoms with E-state index in [0.29, 0.717) is 5.92 Å². The molecule has 152 valence electrons. The highest BCUT2D eigenvalue weighted by molar-refractivity contribution is 6.78. The third kappa shape index (κ3) is 5.35. The molecule has 1 heterocycles. The summed E-state index contributed by atoms with van der Waals surface area (Å²) >= 11 is 0. The summed E-state index contributed by atoms with van der Waals surface area (Å²) in [6, 6.07) is 18.8. The van der Waals surface area contributed by atoms with Crippen molar-refractivity contribution in [3.8, 4) is 11.1 Å². The summed E-state index contributed by atoms with van der Waals surface area (Å²) in [5, 5.41) is 0. The zero-order valence-corrected chi connectivity index (χ0v) is 19.1. The van der Waals surface area contributed by atoms with Crippen LogP contribution in [0.15, 0.2) is 42.5 Å². The first-order valence-electron chi connectivity index (χ1n) is 11.4. The fraction of sp³-hybridized carbons (Fsp3) is 0.538. The standard InChI is InChI=1S/C26H37FSi/c1-4-6-7-17-28(3)18-15-22(16-19-28)24-13-14-25(26(27)20-24)23-11-9-21(8-5-2)10-12-23/h9-14,20,22H,4-8,15-19H2,1-3H3/t22-,28-. The largest absolute Gasteiger partial charge is 0.206 e. The van der Waals surface area contributed by atoms with Gasteiger partial charge in [0.05, 0.1) is 8.07 Å². The quantitative estimate of drug-likeness (QED) is 0.309. The number of unbranched alkanes of at least 4 members (excludes halogenated alkanes) is 2. The van der Waals surface area contributed by atoms with Crippen molar-refractivity contribution in [2.45, 2.75) is 89.4 Å². The van der Waals surface area contributed by atoms with Crippen molar-refractivity contribution in [1.29, 1.82) is 0 Å². The summed E-state index contributed by atoms with van der Waals surface area (Å²) in [6.07, 6.45) is 8.88. The van der Waals surface area contributed by atoms with Gasteiger partial charge in [0.1, 0.15) is 5.82 Å². The second-order valence-corrected chi connectivity index (χ2v) is 14.3. The van der Waals surface area contributed by atoms with Gasteiger partial charge in [-0.05, 0) is 47.9 Å². The van der Waals surface area contributed by atoms with Crippen molar-refractivity contribution in [2.75, 3.05) is 0 Å². The van der Waals surface area contributed by atoms with Gasteiger partial charge < -0.3 is 0 Å². The Kier molecular flexibility index (Phi) is 7.51. The Hall–Kier alpha value is -1.41. The number of benzene rings is 2. The van der Waals surface area contributed by atoms with E-state index in [1.165, 1.54) is 61.4 Å². The molecule has 1 fully saturated rings. The average Bonchev–Trinajstić information content (AvgIpc) is 2.70. The highest BCUT2D eigenvalue weighted by atomic mass is 28.3. The van der Waals surface area contributed by atoms with Crippen LogP contribution < -0.4 is 0 Å². The van der Waals surface area contributed by atoms with Gasteiger partial charge in [-0.1, -0.05) is 101 Å². The van der Waals surface area contributed by atoms with Crippen LogP contribution in [0.25, 0.3) is 11.1 Å². The van der Waals surface area contributed by atoms with Crippen LogP contribution in [0.1, 0.15) is 69.4 Å². The van der Waals surface area contributed by atoms with E-state index in [0.717, 1.165) is 24.0 Å². The number of aryl methyl sites for hydroxylation is 1. The predicted octanol–water partition coefficient (Wildman–Crippen LogP) is 8.59. The van der Waals surface area contributed by atoms with Gasteiger partial charge in [-0.25, -0.2) is 4.39 Å². The lowest BCUT2D eigenvalue weighted by molar-refractivity contribution is 0.582. The monoisotopic (exact) mass is 396 g/mol. The van der Waals surface area contributed by atoms with Gasteiger partial charge in [0, 0.05) is 5.56 Å². The van der Waals surface area contributed by atoms with Crippen molar-refractivity contribution in [3.05, 3.63) is 59.4 Å². The number of hydrogen-bond acceptors (Lipinski definition) is 0. The second kappa shape index (κ2) is 9.87. The molecular weight excluding hydrogens is 359 g/mol. The van der Waals surface area contributed by atoms with Crippen LogP contribution in [0.3, 0.4) is 0 Å². The van der Waals surface area contributed by atoms with E-state index in [9.17, 15) is 4.39 Å². The maximum atomic E-state index is 14.9. The van der Waals surface area contributed by atoms with Crippen molar-refractivity contribution in [3.63, 3.8) is 0 Å². The van der Waals surface area contributed by atoms with Crippen molar-refractivity contribution in [1.82, 2.24) is 0 Å². The molecule has 1 saturated heterocycles. The third-order valence-electron chi connectivity index (χ3n) is 6.84. The van der Waals surface area contributed by atoms with Crippen LogP contribution in [0, 0.1) is 5.82 Å². The molecule has 1 aliphatic rings. The minimum Gasteiger partial charge on any atom is -0.206 e. The topological polar surface area (TPSA) is 0 Å². The van der Waals surface area contributed by atoms with Crippen LogP contribution in [0.2, 0.25) is 24.7 Å². The molecule has 28 heavy (non-hydrogen) atoms. The van der Waals surface area contributed by atoms with Gasteiger partial charge in [-0.3, -0.25) is 0 Å². The van der Waals surface area contributed by atoms with Crippen LogP contribution in [-0.2, 0) is 6.42 Å². The van der Waals surface area contributed by atoms with E-state index in [2.05, 4.69) is 50.7 Å². The maximum absolute atomic E-state index is 14.9.